The van der Waals surface area contributed by atoms with Gasteiger partial charge in [0.15, 0.2) is 0 Å². The Kier molecular flexibility index (Phi) is 6.92. The lowest BCUT2D eigenvalue weighted by Crippen LogP contribution is -2.38. The molecule has 0 bridgehead atoms. The van der Waals surface area contributed by atoms with Crippen LogP contribution in [0.1, 0.15) is 38.7 Å². The summed E-state index contributed by atoms with van der Waals surface area (Å²) in [6, 6.07) is 5.77. The van der Waals surface area contributed by atoms with Crippen molar-refractivity contribution in [1.82, 2.24) is 5.32 Å². The molecule has 0 saturated carbocycles. The molecule has 0 fully saturated rings. The van der Waals surface area contributed by atoms with Crippen LogP contribution in [0.25, 0.3) is 0 Å². The Bertz CT molecular complexity index is 421. The van der Waals surface area contributed by atoms with Crippen molar-refractivity contribution < 1.29 is 4.79 Å². The number of carbonyl (C=O) groups excluding carboxylic acids is 1. The van der Waals surface area contributed by atoms with E-state index in [2.05, 4.69) is 33.5 Å². The fourth-order valence-electron chi connectivity index (χ4n) is 1.83. The third-order valence-electron chi connectivity index (χ3n) is 3.03. The smallest absolute Gasteiger partial charge is 0.242 e. The lowest BCUT2D eigenvalue weighted by atomic mass is 10.2. The van der Waals surface area contributed by atoms with Crippen LogP contribution in [-0.2, 0) is 4.79 Å². The molecule has 0 radical (unpaired) electrons. The SMILES string of the molecule is CCCCCNC(=O)C(C)Nc1ccc(Br)cc1C. The predicted octanol–water partition coefficient (Wildman–Crippen LogP) is 3.86. The second-order valence-electron chi connectivity index (χ2n) is 4.82. The Morgan fingerprint density at radius 1 is 1.37 bits per heavy atom. The van der Waals surface area contributed by atoms with E-state index in [9.17, 15) is 4.79 Å². The van der Waals surface area contributed by atoms with Gasteiger partial charge in [-0.15, -0.1) is 0 Å². The van der Waals surface area contributed by atoms with Crippen LogP contribution in [0.15, 0.2) is 22.7 Å². The van der Waals surface area contributed by atoms with Crippen molar-refractivity contribution >= 4 is 27.5 Å². The molecule has 0 aromatic heterocycles. The Balaban J connectivity index is 2.45. The topological polar surface area (TPSA) is 41.1 Å². The van der Waals surface area contributed by atoms with Crippen molar-refractivity contribution in [3.05, 3.63) is 28.2 Å². The summed E-state index contributed by atoms with van der Waals surface area (Å²) in [4.78, 5) is 11.9. The number of carbonyl (C=O) groups is 1. The number of anilines is 1. The Morgan fingerprint density at radius 2 is 2.11 bits per heavy atom. The summed E-state index contributed by atoms with van der Waals surface area (Å²) in [5.41, 5.74) is 2.12. The van der Waals surface area contributed by atoms with Crippen molar-refractivity contribution in [2.75, 3.05) is 11.9 Å². The largest absolute Gasteiger partial charge is 0.374 e. The zero-order valence-electron chi connectivity index (χ0n) is 11.9. The molecule has 3 nitrogen and oxygen atoms in total. The molecule has 1 aromatic carbocycles. The van der Waals surface area contributed by atoms with Crippen molar-refractivity contribution in [3.8, 4) is 0 Å². The average molecular weight is 327 g/mol. The average Bonchev–Trinajstić information content (AvgIpc) is 2.37. The highest BCUT2D eigenvalue weighted by Crippen LogP contribution is 2.20. The molecule has 1 aromatic rings. The summed E-state index contributed by atoms with van der Waals surface area (Å²) >= 11 is 3.43. The Morgan fingerprint density at radius 3 is 2.74 bits per heavy atom. The number of unbranched alkanes of at least 4 members (excludes halogenated alkanes) is 2. The van der Waals surface area contributed by atoms with E-state index in [0.29, 0.717) is 0 Å². The molecule has 0 aliphatic carbocycles. The monoisotopic (exact) mass is 326 g/mol. The number of benzene rings is 1. The van der Waals surface area contributed by atoms with E-state index in [0.717, 1.165) is 35.1 Å². The Hall–Kier alpha value is -1.03. The van der Waals surface area contributed by atoms with Crippen LogP contribution >= 0.6 is 15.9 Å². The molecule has 0 heterocycles. The predicted molar refractivity (Wildman–Crippen MR) is 84.5 cm³/mol. The van der Waals surface area contributed by atoms with Crippen LogP contribution in [0.3, 0.4) is 0 Å². The molecule has 106 valence electrons. The summed E-state index contributed by atoms with van der Waals surface area (Å²) in [6.45, 7) is 6.83. The van der Waals surface area contributed by atoms with Crippen molar-refractivity contribution in [1.29, 1.82) is 0 Å². The fourth-order valence-corrected chi connectivity index (χ4v) is 2.30. The van der Waals surface area contributed by atoms with Crippen molar-refractivity contribution in [3.63, 3.8) is 0 Å². The highest BCUT2D eigenvalue weighted by atomic mass is 79.9. The van der Waals surface area contributed by atoms with Gasteiger partial charge in [0.25, 0.3) is 0 Å². The van der Waals surface area contributed by atoms with Crippen LogP contribution in [0.4, 0.5) is 5.69 Å². The number of halogens is 1. The highest BCUT2D eigenvalue weighted by molar-refractivity contribution is 9.10. The molecule has 19 heavy (non-hydrogen) atoms. The fraction of sp³-hybridized carbons (Fsp3) is 0.533. The van der Waals surface area contributed by atoms with E-state index < -0.39 is 0 Å². The molecule has 1 atom stereocenters. The van der Waals surface area contributed by atoms with E-state index >= 15 is 0 Å². The number of nitrogens with one attached hydrogen (secondary N) is 2. The number of hydrogen-bond donors (Lipinski definition) is 2. The van der Waals surface area contributed by atoms with Gasteiger partial charge in [0.2, 0.25) is 5.91 Å². The standard InChI is InChI=1S/C15H23BrN2O/c1-4-5-6-9-17-15(19)12(3)18-14-8-7-13(16)10-11(14)2/h7-8,10,12,18H,4-6,9H2,1-3H3,(H,17,19). The quantitative estimate of drug-likeness (QED) is 0.747. The molecule has 0 spiro atoms. The van der Waals surface area contributed by atoms with Gasteiger partial charge in [-0.25, -0.2) is 0 Å². The van der Waals surface area contributed by atoms with Gasteiger partial charge in [0, 0.05) is 16.7 Å². The van der Waals surface area contributed by atoms with E-state index in [1.54, 1.807) is 0 Å². The maximum atomic E-state index is 11.9. The molecule has 1 rings (SSSR count). The minimum absolute atomic E-state index is 0.0541. The molecule has 2 N–H and O–H groups in total. The molecule has 0 aliphatic rings. The summed E-state index contributed by atoms with van der Waals surface area (Å²) in [7, 11) is 0. The van der Waals surface area contributed by atoms with Gasteiger partial charge in [-0.3, -0.25) is 4.79 Å². The first-order valence-electron chi connectivity index (χ1n) is 6.85. The summed E-state index contributed by atoms with van der Waals surface area (Å²) in [5, 5.41) is 6.20. The summed E-state index contributed by atoms with van der Waals surface area (Å²) in [6.07, 6.45) is 3.38. The molecular weight excluding hydrogens is 304 g/mol. The van der Waals surface area contributed by atoms with Gasteiger partial charge in [0.05, 0.1) is 0 Å². The van der Waals surface area contributed by atoms with Crippen LogP contribution in [0.5, 0.6) is 0 Å². The van der Waals surface area contributed by atoms with E-state index in [-0.39, 0.29) is 11.9 Å². The van der Waals surface area contributed by atoms with E-state index in [1.165, 1.54) is 6.42 Å². The van der Waals surface area contributed by atoms with E-state index in [4.69, 9.17) is 0 Å². The molecule has 4 heteroatoms. The molecule has 0 saturated heterocycles. The van der Waals surface area contributed by atoms with Crippen molar-refractivity contribution in [2.45, 2.75) is 46.1 Å². The normalized spacial score (nSPS) is 12.0. The molecule has 1 amide bonds. The van der Waals surface area contributed by atoms with Crippen LogP contribution in [-0.4, -0.2) is 18.5 Å². The number of amides is 1. The first-order chi connectivity index (χ1) is 9.04. The summed E-state index contributed by atoms with van der Waals surface area (Å²) < 4.78 is 1.05. The first kappa shape index (κ1) is 16.0. The zero-order chi connectivity index (χ0) is 14.3. The third kappa shape index (κ3) is 5.64. The highest BCUT2D eigenvalue weighted by Gasteiger charge is 2.12. The third-order valence-corrected chi connectivity index (χ3v) is 3.53. The van der Waals surface area contributed by atoms with E-state index in [1.807, 2.05) is 32.0 Å². The zero-order valence-corrected chi connectivity index (χ0v) is 13.5. The second-order valence-corrected chi connectivity index (χ2v) is 5.74. The number of aryl methyl sites for hydroxylation is 1. The van der Waals surface area contributed by atoms with Gasteiger partial charge in [-0.1, -0.05) is 35.7 Å². The second kappa shape index (κ2) is 8.20. The number of rotatable bonds is 7. The molecule has 0 aliphatic heterocycles. The van der Waals surface area contributed by atoms with Gasteiger partial charge in [0.1, 0.15) is 6.04 Å². The lowest BCUT2D eigenvalue weighted by Gasteiger charge is -2.17. The maximum absolute atomic E-state index is 11.9. The van der Waals surface area contributed by atoms with Crippen LogP contribution < -0.4 is 10.6 Å². The van der Waals surface area contributed by atoms with Gasteiger partial charge < -0.3 is 10.6 Å². The van der Waals surface area contributed by atoms with Gasteiger partial charge in [-0.2, -0.15) is 0 Å². The maximum Gasteiger partial charge on any atom is 0.242 e. The summed E-state index contributed by atoms with van der Waals surface area (Å²) in [5.74, 6) is 0.0541. The van der Waals surface area contributed by atoms with Crippen molar-refractivity contribution in [2.24, 2.45) is 0 Å². The molecular formula is C15H23BrN2O. The minimum Gasteiger partial charge on any atom is -0.374 e. The molecule has 1 unspecified atom stereocenters. The lowest BCUT2D eigenvalue weighted by molar-refractivity contribution is -0.121. The minimum atomic E-state index is -0.221. The first-order valence-corrected chi connectivity index (χ1v) is 7.64. The van der Waals surface area contributed by atoms with Crippen LogP contribution in [0.2, 0.25) is 0 Å². The van der Waals surface area contributed by atoms with Crippen LogP contribution in [0, 0.1) is 6.92 Å². The number of hydrogen-bond acceptors (Lipinski definition) is 2. The van der Waals surface area contributed by atoms with Gasteiger partial charge >= 0.3 is 0 Å². The van der Waals surface area contributed by atoms with Gasteiger partial charge in [-0.05, 0) is 44.0 Å². The Labute approximate surface area is 124 Å².